The van der Waals surface area contributed by atoms with Gasteiger partial charge in [-0.3, -0.25) is 4.79 Å². The summed E-state index contributed by atoms with van der Waals surface area (Å²) in [6.45, 7) is 0. The van der Waals surface area contributed by atoms with Crippen molar-refractivity contribution in [3.63, 3.8) is 0 Å². The van der Waals surface area contributed by atoms with E-state index in [1.807, 2.05) is 0 Å². The Kier molecular flexibility index (Phi) is 4.18. The van der Waals surface area contributed by atoms with Crippen LogP contribution in [0.3, 0.4) is 0 Å². The second-order valence-electron chi connectivity index (χ2n) is 5.71. The normalized spacial score (nSPS) is 11.0. The number of aromatic amines is 1. The number of imidazole rings is 1. The van der Waals surface area contributed by atoms with Crippen molar-refractivity contribution in [3.05, 3.63) is 74.8 Å². The lowest BCUT2D eigenvalue weighted by Gasteiger charge is -2.07. The molecule has 134 valence electrons. The van der Waals surface area contributed by atoms with Crippen molar-refractivity contribution < 1.29 is 4.79 Å². The number of carbonyl (C=O) groups excluding carboxylic acids is 1. The van der Waals surface area contributed by atoms with Gasteiger partial charge in [-0.05, 0) is 48.5 Å². The van der Waals surface area contributed by atoms with Crippen molar-refractivity contribution in [2.24, 2.45) is 5.73 Å². The lowest BCUT2D eigenvalue weighted by atomic mass is 10.2. The van der Waals surface area contributed by atoms with E-state index in [4.69, 9.17) is 28.9 Å². The molecule has 0 bridgehead atoms. The fourth-order valence-corrected chi connectivity index (χ4v) is 2.97. The highest BCUT2D eigenvalue weighted by Gasteiger charge is 2.20. The number of halogens is 2. The molecule has 0 atom stereocenters. The van der Waals surface area contributed by atoms with Crippen LogP contribution in [0.2, 0.25) is 10.0 Å². The Morgan fingerprint density at radius 3 is 2.15 bits per heavy atom. The Labute approximate surface area is 162 Å². The number of benzene rings is 2. The predicted octanol–water partition coefficient (Wildman–Crippen LogP) is 3.18. The third-order valence-corrected chi connectivity index (χ3v) is 4.46. The lowest BCUT2D eigenvalue weighted by Crippen LogP contribution is -2.15. The zero-order chi connectivity index (χ0) is 19.1. The molecule has 0 aliphatic carbocycles. The second-order valence-corrected chi connectivity index (χ2v) is 6.58. The molecule has 0 unspecified atom stereocenters. The summed E-state index contributed by atoms with van der Waals surface area (Å²) in [5.41, 5.74) is 6.48. The highest BCUT2D eigenvalue weighted by Crippen LogP contribution is 2.23. The van der Waals surface area contributed by atoms with Crippen molar-refractivity contribution in [1.82, 2.24) is 19.5 Å². The monoisotopic (exact) mass is 399 g/mol. The fourth-order valence-electron chi connectivity index (χ4n) is 2.72. The van der Waals surface area contributed by atoms with E-state index in [0.29, 0.717) is 21.3 Å². The van der Waals surface area contributed by atoms with Gasteiger partial charge in [0.25, 0.3) is 5.91 Å². The van der Waals surface area contributed by atoms with Crippen molar-refractivity contribution in [2.75, 3.05) is 0 Å². The van der Waals surface area contributed by atoms with E-state index in [9.17, 15) is 9.59 Å². The molecule has 3 N–H and O–H groups in total. The molecule has 9 heteroatoms. The van der Waals surface area contributed by atoms with Crippen molar-refractivity contribution >= 4 is 40.3 Å². The molecule has 2 aromatic heterocycles. The second kappa shape index (κ2) is 6.53. The number of rotatable bonds is 3. The first kappa shape index (κ1) is 17.3. The number of fused-ring (bicyclic) bond motifs is 1. The summed E-state index contributed by atoms with van der Waals surface area (Å²) in [5.74, 6) is -0.531. The number of hydrogen-bond donors (Lipinski definition) is 2. The van der Waals surface area contributed by atoms with Gasteiger partial charge in [-0.25, -0.2) is 19.3 Å². The molecule has 27 heavy (non-hydrogen) atoms. The van der Waals surface area contributed by atoms with Gasteiger partial charge in [0.1, 0.15) is 5.52 Å². The van der Waals surface area contributed by atoms with Gasteiger partial charge in [-0.15, -0.1) is 0 Å². The minimum absolute atomic E-state index is 0.0743. The lowest BCUT2D eigenvalue weighted by molar-refractivity contribution is 0.0997. The number of primary amides is 1. The van der Waals surface area contributed by atoms with E-state index in [1.165, 1.54) is 4.57 Å². The quantitative estimate of drug-likeness (QED) is 0.551. The largest absolute Gasteiger partial charge is 0.364 e. The molecule has 1 amide bonds. The van der Waals surface area contributed by atoms with E-state index in [1.54, 1.807) is 48.5 Å². The van der Waals surface area contributed by atoms with E-state index in [-0.39, 0.29) is 22.7 Å². The summed E-state index contributed by atoms with van der Waals surface area (Å²) in [7, 11) is 0. The zero-order valence-corrected chi connectivity index (χ0v) is 15.1. The van der Waals surface area contributed by atoms with Crippen molar-refractivity contribution in [3.8, 4) is 17.1 Å². The Bertz CT molecular complexity index is 1230. The van der Waals surface area contributed by atoms with Gasteiger partial charge in [-0.1, -0.05) is 23.2 Å². The highest BCUT2D eigenvalue weighted by atomic mass is 35.5. The van der Waals surface area contributed by atoms with Gasteiger partial charge in [0.05, 0.1) is 5.69 Å². The Morgan fingerprint density at radius 2 is 1.56 bits per heavy atom. The summed E-state index contributed by atoms with van der Waals surface area (Å²) in [6, 6.07) is 13.4. The average Bonchev–Trinajstić information content (AvgIpc) is 2.98. The number of nitrogens with two attached hydrogens (primary N) is 1. The van der Waals surface area contributed by atoms with E-state index in [2.05, 4.69) is 15.0 Å². The van der Waals surface area contributed by atoms with Crippen LogP contribution in [0.15, 0.2) is 53.3 Å². The van der Waals surface area contributed by atoms with Gasteiger partial charge >= 0.3 is 5.69 Å². The number of aromatic nitrogens is 4. The number of amides is 1. The SMILES string of the molecule is NC(=O)c1nc(-c2ccc(Cl)cc2)nc2c1[nH]c(=O)n2-c1ccc(Cl)cc1. The minimum Gasteiger partial charge on any atom is -0.364 e. The summed E-state index contributed by atoms with van der Waals surface area (Å²) in [4.78, 5) is 35.8. The molecular formula is C18H11Cl2N5O2. The molecule has 4 aromatic rings. The standard InChI is InChI=1S/C18H11Cl2N5O2/c19-10-3-1-9(2-4-10)16-22-13(15(21)26)14-17(24-16)25(18(27)23-14)12-7-5-11(20)6-8-12/h1-8H,(H2,21,26)(H,23,27). The summed E-state index contributed by atoms with van der Waals surface area (Å²) in [5, 5.41) is 1.08. The van der Waals surface area contributed by atoms with Crippen LogP contribution in [0, 0.1) is 0 Å². The van der Waals surface area contributed by atoms with Gasteiger partial charge in [-0.2, -0.15) is 0 Å². The van der Waals surface area contributed by atoms with E-state index < -0.39 is 11.6 Å². The van der Waals surface area contributed by atoms with Crippen LogP contribution in [0.4, 0.5) is 0 Å². The minimum atomic E-state index is -0.776. The maximum atomic E-state index is 12.5. The molecule has 0 spiro atoms. The number of nitrogens with zero attached hydrogens (tertiary/aromatic N) is 3. The van der Waals surface area contributed by atoms with Gasteiger partial charge in [0, 0.05) is 15.6 Å². The van der Waals surface area contributed by atoms with Crippen LogP contribution < -0.4 is 11.4 Å². The molecule has 0 aliphatic heterocycles. The fraction of sp³-hybridized carbons (Fsp3) is 0. The number of carbonyl (C=O) groups is 1. The molecule has 2 heterocycles. The molecule has 0 radical (unpaired) electrons. The number of H-pyrrole nitrogens is 1. The topological polar surface area (TPSA) is 107 Å². The van der Waals surface area contributed by atoms with E-state index in [0.717, 1.165) is 0 Å². The molecule has 0 fully saturated rings. The van der Waals surface area contributed by atoms with Gasteiger partial charge < -0.3 is 10.7 Å². The molecule has 0 aliphatic rings. The Morgan fingerprint density at radius 1 is 0.963 bits per heavy atom. The van der Waals surface area contributed by atoms with Crippen LogP contribution in [-0.4, -0.2) is 25.4 Å². The number of hydrogen-bond acceptors (Lipinski definition) is 4. The molecule has 0 saturated heterocycles. The maximum absolute atomic E-state index is 12.5. The first-order chi connectivity index (χ1) is 12.9. The molecule has 0 saturated carbocycles. The molecular weight excluding hydrogens is 389 g/mol. The van der Waals surface area contributed by atoms with Crippen LogP contribution in [0.5, 0.6) is 0 Å². The molecule has 2 aromatic carbocycles. The first-order valence-corrected chi connectivity index (χ1v) is 8.54. The van der Waals surface area contributed by atoms with Crippen LogP contribution >= 0.6 is 23.2 Å². The van der Waals surface area contributed by atoms with Crippen molar-refractivity contribution in [2.45, 2.75) is 0 Å². The smallest absolute Gasteiger partial charge is 0.332 e. The third-order valence-electron chi connectivity index (χ3n) is 3.96. The summed E-state index contributed by atoms with van der Waals surface area (Å²) in [6.07, 6.45) is 0. The van der Waals surface area contributed by atoms with Gasteiger partial charge in [0.15, 0.2) is 17.2 Å². The highest BCUT2D eigenvalue weighted by molar-refractivity contribution is 6.30. The van der Waals surface area contributed by atoms with Crippen LogP contribution in [-0.2, 0) is 0 Å². The molecule has 7 nitrogen and oxygen atoms in total. The number of nitrogens with one attached hydrogen (secondary N) is 1. The third kappa shape index (κ3) is 3.07. The van der Waals surface area contributed by atoms with Crippen molar-refractivity contribution in [1.29, 1.82) is 0 Å². The zero-order valence-electron chi connectivity index (χ0n) is 13.6. The Hall–Kier alpha value is -3.16. The summed E-state index contributed by atoms with van der Waals surface area (Å²) >= 11 is 11.8. The van der Waals surface area contributed by atoms with Crippen LogP contribution in [0.1, 0.15) is 10.5 Å². The predicted molar refractivity (Wildman–Crippen MR) is 103 cm³/mol. The van der Waals surface area contributed by atoms with Crippen LogP contribution in [0.25, 0.3) is 28.2 Å². The Balaban J connectivity index is 2.04. The first-order valence-electron chi connectivity index (χ1n) is 7.78. The van der Waals surface area contributed by atoms with E-state index >= 15 is 0 Å². The average molecular weight is 400 g/mol. The maximum Gasteiger partial charge on any atom is 0.332 e. The van der Waals surface area contributed by atoms with Gasteiger partial charge in [0.2, 0.25) is 0 Å². The molecule has 4 rings (SSSR count). The summed E-state index contributed by atoms with van der Waals surface area (Å²) < 4.78 is 1.33.